The molecule has 2 rings (SSSR count). The van der Waals surface area contributed by atoms with Crippen LogP contribution in [0.15, 0.2) is 0 Å². The molecule has 0 radical (unpaired) electrons. The van der Waals surface area contributed by atoms with Gasteiger partial charge in [-0.15, -0.1) is 0 Å². The Bertz CT molecular complexity index is 370. The van der Waals surface area contributed by atoms with E-state index in [4.69, 9.17) is 5.11 Å². The molecule has 0 aromatic rings. The lowest BCUT2D eigenvalue weighted by molar-refractivity contribution is -0.137. The Morgan fingerprint density at radius 3 is 2.55 bits per heavy atom. The predicted molar refractivity (Wildman–Crippen MR) is 76.5 cm³/mol. The number of fused-ring (bicyclic) bond motifs is 2. The first-order chi connectivity index (χ1) is 9.47. The molecule has 114 valence electrons. The van der Waals surface area contributed by atoms with Crippen LogP contribution in [0.4, 0.5) is 4.79 Å². The van der Waals surface area contributed by atoms with Crippen molar-refractivity contribution in [3.63, 3.8) is 0 Å². The average molecular weight is 282 g/mol. The van der Waals surface area contributed by atoms with E-state index < -0.39 is 5.97 Å². The van der Waals surface area contributed by atoms with Gasteiger partial charge in [0.15, 0.2) is 0 Å². The maximum absolute atomic E-state index is 12.4. The third-order valence-electron chi connectivity index (χ3n) is 4.72. The summed E-state index contributed by atoms with van der Waals surface area (Å²) in [6.07, 6.45) is 5.59. The number of rotatable bonds is 6. The van der Waals surface area contributed by atoms with E-state index in [1.165, 1.54) is 19.3 Å². The molecule has 0 aromatic carbocycles. The van der Waals surface area contributed by atoms with E-state index in [2.05, 4.69) is 5.32 Å². The van der Waals surface area contributed by atoms with Crippen molar-refractivity contribution in [1.29, 1.82) is 0 Å². The van der Waals surface area contributed by atoms with E-state index in [9.17, 15) is 9.59 Å². The molecule has 2 saturated carbocycles. The molecule has 20 heavy (non-hydrogen) atoms. The van der Waals surface area contributed by atoms with E-state index in [0.29, 0.717) is 24.9 Å². The summed E-state index contributed by atoms with van der Waals surface area (Å²) in [6, 6.07) is 0.410. The van der Waals surface area contributed by atoms with Crippen LogP contribution >= 0.6 is 0 Å². The van der Waals surface area contributed by atoms with Crippen LogP contribution in [-0.4, -0.2) is 40.6 Å². The third-order valence-corrected chi connectivity index (χ3v) is 4.72. The number of carboxylic acids is 1. The van der Waals surface area contributed by atoms with Crippen LogP contribution in [-0.2, 0) is 4.79 Å². The molecule has 0 saturated heterocycles. The van der Waals surface area contributed by atoms with Crippen LogP contribution < -0.4 is 5.32 Å². The average Bonchev–Trinajstić information content (AvgIpc) is 2.95. The van der Waals surface area contributed by atoms with Crippen LogP contribution in [0, 0.1) is 11.8 Å². The second-order valence-corrected chi connectivity index (χ2v) is 6.52. The van der Waals surface area contributed by atoms with Gasteiger partial charge in [0.2, 0.25) is 0 Å². The second-order valence-electron chi connectivity index (χ2n) is 6.52. The molecule has 5 heteroatoms. The summed E-state index contributed by atoms with van der Waals surface area (Å²) in [5, 5.41) is 11.9. The number of carbonyl (C=O) groups excluding carboxylic acids is 1. The van der Waals surface area contributed by atoms with Gasteiger partial charge in [-0.25, -0.2) is 4.79 Å². The minimum atomic E-state index is -0.804. The number of aliphatic carboxylic acids is 1. The van der Waals surface area contributed by atoms with Crippen molar-refractivity contribution < 1.29 is 14.7 Å². The molecule has 3 unspecified atom stereocenters. The van der Waals surface area contributed by atoms with Gasteiger partial charge >= 0.3 is 12.0 Å². The highest BCUT2D eigenvalue weighted by atomic mass is 16.4. The molecular weight excluding hydrogens is 256 g/mol. The molecule has 2 aliphatic rings. The van der Waals surface area contributed by atoms with Crippen molar-refractivity contribution in [2.24, 2.45) is 11.8 Å². The first-order valence-corrected chi connectivity index (χ1v) is 7.76. The Morgan fingerprint density at radius 2 is 2.05 bits per heavy atom. The first kappa shape index (κ1) is 15.1. The van der Waals surface area contributed by atoms with Gasteiger partial charge < -0.3 is 15.3 Å². The van der Waals surface area contributed by atoms with E-state index in [1.807, 2.05) is 13.8 Å². The Hall–Kier alpha value is -1.26. The summed E-state index contributed by atoms with van der Waals surface area (Å²) in [6.45, 7) is 4.46. The van der Waals surface area contributed by atoms with Crippen molar-refractivity contribution >= 4 is 12.0 Å². The van der Waals surface area contributed by atoms with Gasteiger partial charge in [-0.2, -0.15) is 0 Å². The zero-order valence-electron chi connectivity index (χ0n) is 12.5. The van der Waals surface area contributed by atoms with Crippen LogP contribution in [0.25, 0.3) is 0 Å². The van der Waals surface area contributed by atoms with Crippen molar-refractivity contribution in [2.45, 2.75) is 64.5 Å². The predicted octanol–water partition coefficient (Wildman–Crippen LogP) is 2.46. The summed E-state index contributed by atoms with van der Waals surface area (Å²) in [4.78, 5) is 24.7. The Labute approximate surface area is 120 Å². The molecule has 2 bridgehead atoms. The summed E-state index contributed by atoms with van der Waals surface area (Å²) in [7, 11) is 0. The van der Waals surface area contributed by atoms with Crippen LogP contribution in [0.2, 0.25) is 0 Å². The number of nitrogens with one attached hydrogen (secondary N) is 1. The van der Waals surface area contributed by atoms with Gasteiger partial charge in [0, 0.05) is 25.0 Å². The minimum Gasteiger partial charge on any atom is -0.481 e. The van der Waals surface area contributed by atoms with Gasteiger partial charge in [0.25, 0.3) is 0 Å². The van der Waals surface area contributed by atoms with Gasteiger partial charge in [-0.3, -0.25) is 4.79 Å². The number of hydrogen-bond acceptors (Lipinski definition) is 2. The van der Waals surface area contributed by atoms with Crippen molar-refractivity contribution in [1.82, 2.24) is 10.2 Å². The Balaban J connectivity index is 1.82. The van der Waals surface area contributed by atoms with Crippen LogP contribution in [0.5, 0.6) is 0 Å². The first-order valence-electron chi connectivity index (χ1n) is 7.76. The number of carbonyl (C=O) groups is 2. The van der Waals surface area contributed by atoms with E-state index in [0.717, 1.165) is 12.3 Å². The highest BCUT2D eigenvalue weighted by molar-refractivity contribution is 5.75. The zero-order chi connectivity index (χ0) is 14.7. The van der Waals surface area contributed by atoms with Gasteiger partial charge in [-0.1, -0.05) is 6.42 Å². The number of nitrogens with zero attached hydrogens (tertiary/aromatic N) is 1. The van der Waals surface area contributed by atoms with Crippen molar-refractivity contribution in [2.75, 3.05) is 6.54 Å². The zero-order valence-corrected chi connectivity index (χ0v) is 12.5. The molecule has 2 N–H and O–H groups in total. The molecule has 2 amide bonds. The van der Waals surface area contributed by atoms with Crippen LogP contribution in [0.1, 0.15) is 52.4 Å². The summed E-state index contributed by atoms with van der Waals surface area (Å²) >= 11 is 0. The molecule has 2 fully saturated rings. The lowest BCUT2D eigenvalue weighted by Gasteiger charge is -2.31. The van der Waals surface area contributed by atoms with Crippen molar-refractivity contribution in [3.05, 3.63) is 0 Å². The monoisotopic (exact) mass is 282 g/mol. The molecule has 0 spiro atoms. The second kappa shape index (κ2) is 6.46. The summed E-state index contributed by atoms with van der Waals surface area (Å²) in [5.41, 5.74) is 0. The summed E-state index contributed by atoms with van der Waals surface area (Å²) < 4.78 is 0. The maximum atomic E-state index is 12.4. The molecule has 2 aliphatic carbocycles. The van der Waals surface area contributed by atoms with E-state index in [-0.39, 0.29) is 18.5 Å². The van der Waals surface area contributed by atoms with Gasteiger partial charge in [-0.05, 0) is 51.4 Å². The van der Waals surface area contributed by atoms with Gasteiger partial charge in [0.05, 0.1) is 0 Å². The van der Waals surface area contributed by atoms with E-state index in [1.54, 1.807) is 4.90 Å². The number of amides is 2. The molecule has 5 nitrogen and oxygen atoms in total. The lowest BCUT2D eigenvalue weighted by atomic mass is 9.95. The Kier molecular flexibility index (Phi) is 4.89. The highest BCUT2D eigenvalue weighted by Gasteiger charge is 2.40. The molecule has 0 aliphatic heterocycles. The maximum Gasteiger partial charge on any atom is 0.317 e. The number of hydrogen-bond donors (Lipinski definition) is 2. The molecule has 0 aromatic heterocycles. The third kappa shape index (κ3) is 3.64. The lowest BCUT2D eigenvalue weighted by Crippen LogP contribution is -2.49. The fourth-order valence-electron chi connectivity index (χ4n) is 3.66. The standard InChI is InChI=1S/C15H26N2O3/c1-10(2)17(7-3-4-14(18)19)15(20)16-13-9-11-5-6-12(13)8-11/h10-13H,3-9H2,1-2H3,(H,16,20)(H,18,19). The van der Waals surface area contributed by atoms with E-state index >= 15 is 0 Å². The minimum absolute atomic E-state index is 0.0251. The largest absolute Gasteiger partial charge is 0.481 e. The fraction of sp³-hybridized carbons (Fsp3) is 0.867. The molecular formula is C15H26N2O3. The summed E-state index contributed by atoms with van der Waals surface area (Å²) in [5.74, 6) is 0.670. The quantitative estimate of drug-likeness (QED) is 0.786. The molecule has 3 atom stereocenters. The fourth-order valence-corrected chi connectivity index (χ4v) is 3.66. The van der Waals surface area contributed by atoms with Gasteiger partial charge in [0.1, 0.15) is 0 Å². The smallest absolute Gasteiger partial charge is 0.317 e. The SMILES string of the molecule is CC(C)N(CCCC(=O)O)C(=O)NC1CC2CCC1C2. The topological polar surface area (TPSA) is 69.6 Å². The van der Waals surface area contributed by atoms with Crippen LogP contribution in [0.3, 0.4) is 0 Å². The Morgan fingerprint density at radius 1 is 1.30 bits per heavy atom. The number of urea groups is 1. The molecule has 0 heterocycles. The van der Waals surface area contributed by atoms with Crippen molar-refractivity contribution in [3.8, 4) is 0 Å². The number of carboxylic acid groups (broad SMARTS) is 1. The normalized spacial score (nSPS) is 27.9. The highest BCUT2D eigenvalue weighted by Crippen LogP contribution is 2.44.